The van der Waals surface area contributed by atoms with Gasteiger partial charge in [0.05, 0.1) is 10.5 Å². The molecule has 2 aliphatic heterocycles. The van der Waals surface area contributed by atoms with Crippen molar-refractivity contribution in [2.45, 2.75) is 41.0 Å². The molecule has 0 saturated carbocycles. The molecule has 2 saturated heterocycles. The van der Waals surface area contributed by atoms with Crippen LogP contribution in [0.5, 0.6) is 0 Å². The number of halogens is 1. The second-order valence-corrected chi connectivity index (χ2v) is 11.1. The molecule has 0 aromatic heterocycles. The molecule has 2 heterocycles. The minimum atomic E-state index is -2.97. The minimum Gasteiger partial charge on any atom is -0.269 e. The predicted molar refractivity (Wildman–Crippen MR) is 76.4 cm³/mol. The van der Waals surface area contributed by atoms with Crippen LogP contribution < -0.4 is 0 Å². The lowest BCUT2D eigenvalue weighted by molar-refractivity contribution is 0.599. The fourth-order valence-electron chi connectivity index (χ4n) is 1.83. The van der Waals surface area contributed by atoms with Crippen LogP contribution in [-0.4, -0.2) is 38.7 Å². The Labute approximate surface area is 113 Å². The molecule has 16 heavy (non-hydrogen) atoms. The van der Waals surface area contributed by atoms with Gasteiger partial charge in [-0.15, -0.1) is 0 Å². The molecule has 0 spiro atoms. The summed E-state index contributed by atoms with van der Waals surface area (Å²) in [4.78, 5) is 4.51. The van der Waals surface area contributed by atoms with Crippen LogP contribution >= 0.6 is 39.5 Å². The smallest absolute Gasteiger partial charge is 0.165 e. The number of nitrogens with zero attached hydrogens (tertiary/aromatic N) is 1. The van der Waals surface area contributed by atoms with Crippen LogP contribution in [0.1, 0.15) is 20.8 Å². The van der Waals surface area contributed by atoms with Gasteiger partial charge in [0.1, 0.15) is 8.53 Å². The summed E-state index contributed by atoms with van der Waals surface area (Å²) >= 11 is 6.57. The monoisotopic (exact) mass is 343 g/mol. The number of aliphatic imine (C=N–C) groups is 1. The van der Waals surface area contributed by atoms with Crippen LogP contribution in [0.25, 0.3) is 0 Å². The average Bonchev–Trinajstić information content (AvgIpc) is 2.47. The highest BCUT2D eigenvalue weighted by molar-refractivity contribution is 9.11. The third-order valence-corrected chi connectivity index (χ3v) is 11.1. The van der Waals surface area contributed by atoms with Gasteiger partial charge in [-0.2, -0.15) is 0 Å². The van der Waals surface area contributed by atoms with Gasteiger partial charge in [-0.05, 0) is 20.8 Å². The first-order valence-corrected chi connectivity index (χ1v) is 9.37. The standard InChI is InChI=1S/C9H14BrNO2S3/c1-5(2)11-8-14-6-4-16(12,13)7(10)9(6,3)15-8/h5-7H,4H2,1-3H3/t6-,7+,9+/m1/s1. The maximum atomic E-state index is 11.8. The Morgan fingerprint density at radius 3 is 2.69 bits per heavy atom. The van der Waals surface area contributed by atoms with Crippen molar-refractivity contribution in [2.75, 3.05) is 5.75 Å². The zero-order chi connectivity index (χ0) is 12.1. The molecule has 0 unspecified atom stereocenters. The van der Waals surface area contributed by atoms with Gasteiger partial charge >= 0.3 is 0 Å². The minimum absolute atomic E-state index is 0.129. The van der Waals surface area contributed by atoms with Gasteiger partial charge in [0, 0.05) is 11.3 Å². The van der Waals surface area contributed by atoms with Crippen molar-refractivity contribution in [3.8, 4) is 0 Å². The maximum absolute atomic E-state index is 11.8. The molecule has 2 aliphatic rings. The molecule has 0 radical (unpaired) electrons. The van der Waals surface area contributed by atoms with Crippen LogP contribution in [0.15, 0.2) is 4.99 Å². The van der Waals surface area contributed by atoms with Gasteiger partial charge in [0.2, 0.25) is 0 Å². The highest BCUT2D eigenvalue weighted by atomic mass is 79.9. The summed E-state index contributed by atoms with van der Waals surface area (Å²) in [5.74, 6) is 0.258. The van der Waals surface area contributed by atoms with Crippen molar-refractivity contribution in [2.24, 2.45) is 4.99 Å². The van der Waals surface area contributed by atoms with E-state index in [1.54, 1.807) is 23.5 Å². The number of hydrogen-bond donors (Lipinski definition) is 0. The third-order valence-electron chi connectivity index (χ3n) is 2.70. The highest BCUT2D eigenvalue weighted by Gasteiger charge is 2.60. The first kappa shape index (κ1) is 13.2. The number of rotatable bonds is 1. The lowest BCUT2D eigenvalue weighted by Gasteiger charge is -2.22. The fourth-order valence-corrected chi connectivity index (χ4v) is 9.69. The lowest BCUT2D eigenvalue weighted by atomic mass is 10.1. The van der Waals surface area contributed by atoms with Gasteiger partial charge in [0.25, 0.3) is 0 Å². The van der Waals surface area contributed by atoms with Crippen LogP contribution in [0.4, 0.5) is 0 Å². The highest BCUT2D eigenvalue weighted by Crippen LogP contribution is 2.57. The normalized spacial score (nSPS) is 44.2. The van der Waals surface area contributed by atoms with Crippen molar-refractivity contribution >= 4 is 53.7 Å². The topological polar surface area (TPSA) is 46.5 Å². The molecule has 0 N–H and O–H groups in total. The molecule has 0 aromatic carbocycles. The lowest BCUT2D eigenvalue weighted by Crippen LogP contribution is -2.33. The number of fused-ring (bicyclic) bond motifs is 1. The zero-order valence-corrected chi connectivity index (χ0v) is 13.3. The van der Waals surface area contributed by atoms with Crippen LogP contribution in [-0.2, 0) is 9.84 Å². The van der Waals surface area contributed by atoms with Crippen molar-refractivity contribution in [3.63, 3.8) is 0 Å². The first-order chi connectivity index (χ1) is 7.25. The Balaban J connectivity index is 2.28. The Bertz CT molecular complexity index is 434. The van der Waals surface area contributed by atoms with E-state index < -0.39 is 14.0 Å². The average molecular weight is 344 g/mol. The van der Waals surface area contributed by atoms with Gasteiger partial charge in [0.15, 0.2) is 9.84 Å². The summed E-state index contributed by atoms with van der Waals surface area (Å²) < 4.78 is 23.9. The summed E-state index contributed by atoms with van der Waals surface area (Å²) in [5, 5.41) is 0.129. The molecule has 0 amide bonds. The molecule has 92 valence electrons. The van der Waals surface area contributed by atoms with E-state index in [1.807, 2.05) is 20.8 Å². The molecule has 7 heteroatoms. The summed E-state index contributed by atoms with van der Waals surface area (Å²) in [6.45, 7) is 6.09. The van der Waals surface area contributed by atoms with Gasteiger partial charge < -0.3 is 0 Å². The number of alkyl halides is 1. The van der Waals surface area contributed by atoms with Gasteiger partial charge in [-0.3, -0.25) is 4.99 Å². The van der Waals surface area contributed by atoms with E-state index in [9.17, 15) is 8.42 Å². The van der Waals surface area contributed by atoms with E-state index in [2.05, 4.69) is 20.9 Å². The molecular weight excluding hydrogens is 330 g/mol. The van der Waals surface area contributed by atoms with Crippen LogP contribution in [0.2, 0.25) is 0 Å². The molecule has 0 bridgehead atoms. The van der Waals surface area contributed by atoms with E-state index in [0.29, 0.717) is 0 Å². The zero-order valence-electron chi connectivity index (χ0n) is 9.31. The molecule has 3 atom stereocenters. The molecular formula is C9H14BrNO2S3. The molecule has 3 nitrogen and oxygen atoms in total. The quantitative estimate of drug-likeness (QED) is 0.686. The summed E-state index contributed by atoms with van der Waals surface area (Å²) in [7, 11) is -2.97. The Kier molecular flexibility index (Phi) is 3.45. The molecule has 2 rings (SSSR count). The third kappa shape index (κ3) is 2.08. The maximum Gasteiger partial charge on any atom is 0.165 e. The van der Waals surface area contributed by atoms with Gasteiger partial charge in [-0.1, -0.05) is 39.5 Å². The summed E-state index contributed by atoms with van der Waals surface area (Å²) in [5.41, 5.74) is 0. The van der Waals surface area contributed by atoms with E-state index in [-0.39, 0.29) is 21.8 Å². The number of thioether (sulfide) groups is 2. The van der Waals surface area contributed by atoms with Crippen LogP contribution in [0, 0.1) is 0 Å². The second kappa shape index (κ2) is 4.17. The summed E-state index contributed by atoms with van der Waals surface area (Å²) in [6.07, 6.45) is 0. The van der Waals surface area contributed by atoms with Crippen molar-refractivity contribution in [1.29, 1.82) is 0 Å². The van der Waals surface area contributed by atoms with Crippen molar-refractivity contribution < 1.29 is 8.42 Å². The molecule has 0 aliphatic carbocycles. The fraction of sp³-hybridized carbons (Fsp3) is 0.889. The van der Waals surface area contributed by atoms with Crippen LogP contribution in [0.3, 0.4) is 0 Å². The SMILES string of the molecule is CC(C)N=C1S[C@@H]2CS(=O)(=O)[C@H](Br)[C@@]2(C)S1. The van der Waals surface area contributed by atoms with Crippen molar-refractivity contribution in [1.82, 2.24) is 0 Å². The van der Waals surface area contributed by atoms with Gasteiger partial charge in [-0.25, -0.2) is 8.42 Å². The predicted octanol–water partition coefficient (Wildman–Crippen LogP) is 2.51. The van der Waals surface area contributed by atoms with E-state index in [4.69, 9.17) is 0 Å². The Morgan fingerprint density at radius 1 is 1.56 bits per heavy atom. The number of sulfone groups is 1. The molecule has 2 fully saturated rings. The number of hydrogen-bond acceptors (Lipinski definition) is 5. The Hall–Kier alpha value is 0.800. The van der Waals surface area contributed by atoms with Crippen molar-refractivity contribution in [3.05, 3.63) is 0 Å². The Morgan fingerprint density at radius 2 is 2.19 bits per heavy atom. The molecule has 0 aromatic rings. The second-order valence-electron chi connectivity index (χ2n) is 4.53. The summed E-state index contributed by atoms with van der Waals surface area (Å²) in [6, 6.07) is 0.266. The first-order valence-electron chi connectivity index (χ1n) is 5.05. The largest absolute Gasteiger partial charge is 0.269 e. The van der Waals surface area contributed by atoms with E-state index in [1.165, 1.54) is 0 Å². The van der Waals surface area contributed by atoms with E-state index in [0.717, 1.165) is 4.38 Å². The van der Waals surface area contributed by atoms with E-state index >= 15 is 0 Å².